The van der Waals surface area contributed by atoms with Gasteiger partial charge in [0, 0.05) is 36.8 Å². The highest BCUT2D eigenvalue weighted by Gasteiger charge is 2.25. The number of ether oxygens (including phenoxy) is 1. The van der Waals surface area contributed by atoms with Crippen LogP contribution >= 0.6 is 0 Å². The summed E-state index contributed by atoms with van der Waals surface area (Å²) >= 11 is 0. The highest BCUT2D eigenvalue weighted by atomic mass is 19.1. The summed E-state index contributed by atoms with van der Waals surface area (Å²) in [6.45, 7) is 1.45. The molecule has 2 heterocycles. The second kappa shape index (κ2) is 9.73. The Kier molecular flexibility index (Phi) is 6.60. The second-order valence-corrected chi connectivity index (χ2v) is 8.03. The zero-order chi connectivity index (χ0) is 21.6. The van der Waals surface area contributed by atoms with Crippen molar-refractivity contribution in [2.24, 2.45) is 0 Å². The van der Waals surface area contributed by atoms with E-state index in [0.29, 0.717) is 24.9 Å². The van der Waals surface area contributed by atoms with Crippen molar-refractivity contribution in [2.75, 3.05) is 20.2 Å². The molecule has 160 valence electrons. The Balaban J connectivity index is 1.42. The van der Waals surface area contributed by atoms with Gasteiger partial charge in [-0.3, -0.25) is 9.78 Å². The third-order valence-electron chi connectivity index (χ3n) is 5.86. The summed E-state index contributed by atoms with van der Waals surface area (Å²) in [5.41, 5.74) is 3.46. The summed E-state index contributed by atoms with van der Waals surface area (Å²) in [5, 5.41) is 0. The molecule has 0 spiro atoms. The van der Waals surface area contributed by atoms with Gasteiger partial charge in [0.2, 0.25) is 5.91 Å². The molecule has 1 aliphatic rings. The van der Waals surface area contributed by atoms with Crippen LogP contribution in [-0.4, -0.2) is 36.0 Å². The first-order valence-corrected chi connectivity index (χ1v) is 10.7. The van der Waals surface area contributed by atoms with E-state index >= 15 is 0 Å². The van der Waals surface area contributed by atoms with Crippen LogP contribution in [0.3, 0.4) is 0 Å². The molecule has 0 saturated carbocycles. The van der Waals surface area contributed by atoms with Crippen molar-refractivity contribution in [1.82, 2.24) is 9.88 Å². The summed E-state index contributed by atoms with van der Waals surface area (Å²) in [6.07, 6.45) is 2.81. The number of pyridine rings is 1. The van der Waals surface area contributed by atoms with Gasteiger partial charge in [-0.25, -0.2) is 4.39 Å². The quantitative estimate of drug-likeness (QED) is 0.579. The van der Waals surface area contributed by atoms with Gasteiger partial charge in [-0.1, -0.05) is 36.4 Å². The summed E-state index contributed by atoms with van der Waals surface area (Å²) in [5.74, 6) is 0.921. The number of halogens is 1. The van der Waals surface area contributed by atoms with Gasteiger partial charge in [-0.2, -0.15) is 0 Å². The molecule has 4 rings (SSSR count). The molecule has 1 aromatic heterocycles. The van der Waals surface area contributed by atoms with Crippen LogP contribution in [-0.2, 0) is 17.6 Å². The minimum Gasteiger partial charge on any atom is -0.497 e. The van der Waals surface area contributed by atoms with Crippen LogP contribution in [0, 0.1) is 5.82 Å². The Labute approximate surface area is 182 Å². The van der Waals surface area contributed by atoms with Gasteiger partial charge in [0.1, 0.15) is 11.6 Å². The predicted molar refractivity (Wildman–Crippen MR) is 119 cm³/mol. The van der Waals surface area contributed by atoms with E-state index in [9.17, 15) is 9.18 Å². The predicted octanol–water partition coefficient (Wildman–Crippen LogP) is 4.77. The number of carbonyl (C=O) groups excluding carboxylic acids is 1. The van der Waals surface area contributed by atoms with Gasteiger partial charge in [-0.15, -0.1) is 0 Å². The maximum absolute atomic E-state index is 14.0. The van der Waals surface area contributed by atoms with E-state index in [1.807, 2.05) is 53.4 Å². The van der Waals surface area contributed by atoms with Gasteiger partial charge in [0.25, 0.3) is 0 Å². The van der Waals surface area contributed by atoms with Crippen LogP contribution in [0.2, 0.25) is 0 Å². The third kappa shape index (κ3) is 5.29. The molecule has 0 aliphatic carbocycles. The largest absolute Gasteiger partial charge is 0.497 e. The third-order valence-corrected chi connectivity index (χ3v) is 5.86. The van der Waals surface area contributed by atoms with Crippen LogP contribution in [0.25, 0.3) is 0 Å². The lowest BCUT2D eigenvalue weighted by Gasteiger charge is -2.32. The van der Waals surface area contributed by atoms with Crippen molar-refractivity contribution in [2.45, 2.75) is 31.6 Å². The monoisotopic (exact) mass is 418 g/mol. The first-order valence-electron chi connectivity index (χ1n) is 10.7. The van der Waals surface area contributed by atoms with E-state index < -0.39 is 0 Å². The lowest BCUT2D eigenvalue weighted by atomic mass is 9.93. The van der Waals surface area contributed by atoms with Crippen LogP contribution in [0.4, 0.5) is 4.39 Å². The number of nitrogens with zero attached hydrogens (tertiary/aromatic N) is 2. The molecule has 3 aromatic rings. The Bertz CT molecular complexity index is 1040. The Morgan fingerprint density at radius 3 is 2.68 bits per heavy atom. The number of hydrogen-bond acceptors (Lipinski definition) is 3. The lowest BCUT2D eigenvalue weighted by molar-refractivity contribution is -0.131. The molecule has 1 saturated heterocycles. The van der Waals surface area contributed by atoms with Gasteiger partial charge in [0.15, 0.2) is 0 Å². The average molecular weight is 419 g/mol. The Morgan fingerprint density at radius 2 is 1.90 bits per heavy atom. The van der Waals surface area contributed by atoms with Crippen LogP contribution < -0.4 is 4.74 Å². The first kappa shape index (κ1) is 21.0. The molecule has 1 aliphatic heterocycles. The molecule has 1 fully saturated rings. The van der Waals surface area contributed by atoms with Gasteiger partial charge < -0.3 is 9.64 Å². The first-order chi connectivity index (χ1) is 15.1. The minimum atomic E-state index is -0.206. The summed E-state index contributed by atoms with van der Waals surface area (Å²) in [7, 11) is 1.63. The fourth-order valence-corrected chi connectivity index (χ4v) is 4.14. The van der Waals surface area contributed by atoms with Crippen molar-refractivity contribution in [3.8, 4) is 5.75 Å². The number of aromatic nitrogens is 1. The fraction of sp³-hybridized carbons (Fsp3) is 0.308. The second-order valence-electron chi connectivity index (χ2n) is 8.03. The summed E-state index contributed by atoms with van der Waals surface area (Å²) in [4.78, 5) is 19.6. The number of hydrogen-bond donors (Lipinski definition) is 0. The van der Waals surface area contributed by atoms with Crippen molar-refractivity contribution in [1.29, 1.82) is 0 Å². The van der Waals surface area contributed by atoms with E-state index in [1.165, 1.54) is 6.07 Å². The van der Waals surface area contributed by atoms with Gasteiger partial charge >= 0.3 is 0 Å². The highest BCUT2D eigenvalue weighted by Crippen LogP contribution is 2.27. The highest BCUT2D eigenvalue weighted by molar-refractivity contribution is 5.79. The molecule has 0 bridgehead atoms. The molecular formula is C26H27FN2O2. The molecule has 0 N–H and O–H groups in total. The number of amides is 1. The van der Waals surface area contributed by atoms with Crippen molar-refractivity contribution >= 4 is 5.91 Å². The summed E-state index contributed by atoms with van der Waals surface area (Å²) in [6, 6.07) is 20.4. The van der Waals surface area contributed by atoms with Crippen LogP contribution in [0.1, 0.15) is 41.3 Å². The topological polar surface area (TPSA) is 42.4 Å². The number of rotatable bonds is 6. The molecule has 31 heavy (non-hydrogen) atoms. The number of likely N-dealkylation sites (tertiary alicyclic amines) is 1. The van der Waals surface area contributed by atoms with Crippen LogP contribution in [0.5, 0.6) is 5.75 Å². The number of carbonyl (C=O) groups is 1. The molecule has 0 unspecified atom stereocenters. The Morgan fingerprint density at radius 1 is 1.10 bits per heavy atom. The maximum atomic E-state index is 14.0. The van der Waals surface area contributed by atoms with E-state index in [1.54, 1.807) is 19.2 Å². The SMILES string of the molecule is COc1ccc(CC(=O)N2CCC[C@H](c3cccc(Cc4ccccc4F)n3)C2)cc1. The molecule has 4 nitrogen and oxygen atoms in total. The zero-order valence-electron chi connectivity index (χ0n) is 17.8. The number of methoxy groups -OCH3 is 1. The van der Waals surface area contributed by atoms with Crippen molar-refractivity contribution in [3.05, 3.63) is 95.1 Å². The van der Waals surface area contributed by atoms with E-state index in [4.69, 9.17) is 9.72 Å². The zero-order valence-corrected chi connectivity index (χ0v) is 17.8. The van der Waals surface area contributed by atoms with E-state index in [2.05, 4.69) is 0 Å². The minimum absolute atomic E-state index is 0.136. The average Bonchev–Trinajstić information content (AvgIpc) is 2.81. The van der Waals surface area contributed by atoms with Crippen molar-refractivity contribution < 1.29 is 13.9 Å². The molecule has 1 atom stereocenters. The molecule has 0 radical (unpaired) electrons. The van der Waals surface area contributed by atoms with E-state index in [0.717, 1.165) is 42.1 Å². The van der Waals surface area contributed by atoms with Gasteiger partial charge in [0.05, 0.1) is 13.5 Å². The maximum Gasteiger partial charge on any atom is 0.227 e. The summed E-state index contributed by atoms with van der Waals surface area (Å²) < 4.78 is 19.2. The lowest BCUT2D eigenvalue weighted by Crippen LogP contribution is -2.40. The fourth-order valence-electron chi connectivity index (χ4n) is 4.14. The Hall–Kier alpha value is -3.21. The van der Waals surface area contributed by atoms with Crippen LogP contribution in [0.15, 0.2) is 66.7 Å². The molecule has 1 amide bonds. The van der Waals surface area contributed by atoms with E-state index in [-0.39, 0.29) is 17.6 Å². The molecule has 5 heteroatoms. The molecular weight excluding hydrogens is 391 g/mol. The normalized spacial score (nSPS) is 16.2. The van der Waals surface area contributed by atoms with Gasteiger partial charge in [-0.05, 0) is 54.3 Å². The van der Waals surface area contributed by atoms with Crippen molar-refractivity contribution in [3.63, 3.8) is 0 Å². The molecule has 2 aromatic carbocycles. The number of benzene rings is 2. The standard InChI is InChI=1S/C26H27FN2O2/c1-31-23-13-11-19(12-14-23)16-26(30)29-15-5-7-21(18-29)25-10-4-8-22(28-25)17-20-6-2-3-9-24(20)27/h2-4,6,8-14,21H,5,7,15-18H2,1H3/t21-/m0/s1. The smallest absolute Gasteiger partial charge is 0.227 e. The number of piperidine rings is 1.